The first-order chi connectivity index (χ1) is 13.9. The first kappa shape index (κ1) is 19.6. The van der Waals surface area contributed by atoms with Crippen LogP contribution in [0.3, 0.4) is 0 Å². The predicted molar refractivity (Wildman–Crippen MR) is 117 cm³/mol. The van der Waals surface area contributed by atoms with Crippen molar-refractivity contribution >= 4 is 55.3 Å². The third-order valence-electron chi connectivity index (χ3n) is 4.68. The van der Waals surface area contributed by atoms with E-state index in [4.69, 9.17) is 4.74 Å². The van der Waals surface area contributed by atoms with Gasteiger partial charge in [-0.2, -0.15) is 0 Å². The number of fused-ring (bicyclic) bond motifs is 3. The van der Waals surface area contributed by atoms with E-state index in [9.17, 15) is 9.59 Å². The fourth-order valence-corrected chi connectivity index (χ4v) is 4.49. The molecule has 8 heteroatoms. The number of aryl methyl sites for hydroxylation is 2. The van der Waals surface area contributed by atoms with E-state index < -0.39 is 5.97 Å². The highest BCUT2D eigenvalue weighted by Gasteiger charge is 2.13. The Morgan fingerprint density at radius 1 is 1.24 bits per heavy atom. The van der Waals surface area contributed by atoms with Crippen molar-refractivity contribution in [3.63, 3.8) is 0 Å². The van der Waals surface area contributed by atoms with Gasteiger partial charge in [-0.25, -0.2) is 14.2 Å². The average molecular weight is 473 g/mol. The Morgan fingerprint density at radius 2 is 2.00 bits per heavy atom. The average Bonchev–Trinajstić information content (AvgIpc) is 3.17. The predicted octanol–water partition coefficient (Wildman–Crippen LogP) is 3.39. The van der Waals surface area contributed by atoms with Gasteiger partial charge in [0.2, 0.25) is 0 Å². The normalized spacial score (nSPS) is 12.1. The van der Waals surface area contributed by atoms with Crippen LogP contribution in [0.4, 0.5) is 0 Å². The Labute approximate surface area is 178 Å². The second-order valence-electron chi connectivity index (χ2n) is 6.63. The van der Waals surface area contributed by atoms with E-state index in [1.54, 1.807) is 10.5 Å². The van der Waals surface area contributed by atoms with Gasteiger partial charge in [0.25, 0.3) is 5.56 Å². The van der Waals surface area contributed by atoms with Crippen LogP contribution >= 0.6 is 27.3 Å². The molecule has 2 aromatic heterocycles. The summed E-state index contributed by atoms with van der Waals surface area (Å²) in [5.74, 6) is 0.0656. The Morgan fingerprint density at radius 3 is 2.72 bits per heavy atom. The molecule has 0 aliphatic rings. The molecule has 0 bridgehead atoms. The van der Waals surface area contributed by atoms with Crippen molar-refractivity contribution in [3.05, 3.63) is 66.4 Å². The molecule has 0 atom stereocenters. The molecule has 29 heavy (non-hydrogen) atoms. The summed E-state index contributed by atoms with van der Waals surface area (Å²) in [7, 11) is 1.31. The van der Waals surface area contributed by atoms with Crippen molar-refractivity contribution in [2.45, 2.75) is 13.8 Å². The van der Waals surface area contributed by atoms with Crippen LogP contribution in [0.15, 0.2) is 39.6 Å². The lowest BCUT2D eigenvalue weighted by atomic mass is 10.1. The van der Waals surface area contributed by atoms with Crippen LogP contribution in [0, 0.1) is 13.8 Å². The van der Waals surface area contributed by atoms with E-state index in [1.807, 2.05) is 44.2 Å². The van der Waals surface area contributed by atoms with E-state index in [2.05, 4.69) is 25.7 Å². The Kier molecular flexibility index (Phi) is 5.14. The van der Waals surface area contributed by atoms with Crippen molar-refractivity contribution in [1.82, 2.24) is 9.38 Å². The summed E-state index contributed by atoms with van der Waals surface area (Å²) in [5.41, 5.74) is 4.69. The highest BCUT2D eigenvalue weighted by atomic mass is 79.9. The molecule has 2 aromatic carbocycles. The SMILES string of the molecule is COC(=O)COc1ccc(/C=c2\sc3nc4cc(C)c(C)cc4n3c2=O)cc1Br. The van der Waals surface area contributed by atoms with Gasteiger partial charge in [-0.15, -0.1) is 0 Å². The molecular weight excluding hydrogens is 456 g/mol. The molecule has 0 saturated carbocycles. The summed E-state index contributed by atoms with van der Waals surface area (Å²) in [4.78, 5) is 29.5. The minimum absolute atomic E-state index is 0.0853. The van der Waals surface area contributed by atoms with Gasteiger partial charge in [-0.3, -0.25) is 4.79 Å². The van der Waals surface area contributed by atoms with E-state index >= 15 is 0 Å². The van der Waals surface area contributed by atoms with Crippen molar-refractivity contribution in [1.29, 1.82) is 0 Å². The summed E-state index contributed by atoms with van der Waals surface area (Å²) in [6, 6.07) is 9.42. The van der Waals surface area contributed by atoms with E-state index in [0.717, 1.165) is 27.7 Å². The Hall–Kier alpha value is -2.71. The molecule has 0 amide bonds. The molecule has 0 spiro atoms. The zero-order valence-electron chi connectivity index (χ0n) is 16.0. The minimum atomic E-state index is -0.455. The van der Waals surface area contributed by atoms with E-state index in [-0.39, 0.29) is 12.2 Å². The topological polar surface area (TPSA) is 69.9 Å². The molecule has 4 rings (SSSR count). The minimum Gasteiger partial charge on any atom is -0.481 e. The number of hydrogen-bond acceptors (Lipinski definition) is 6. The van der Waals surface area contributed by atoms with Gasteiger partial charge >= 0.3 is 5.97 Å². The standard InChI is InChI=1S/C21H17BrN2O4S/c1-11-6-15-16(7-12(11)2)24-20(26)18(29-21(24)23-15)9-13-4-5-17(14(22)8-13)28-10-19(25)27-3/h4-9H,10H2,1-3H3/b18-9-. The summed E-state index contributed by atoms with van der Waals surface area (Å²) in [6.07, 6.45) is 1.82. The molecule has 4 aromatic rings. The summed E-state index contributed by atoms with van der Waals surface area (Å²) < 4.78 is 12.9. The van der Waals surface area contributed by atoms with Crippen LogP contribution in [-0.4, -0.2) is 29.1 Å². The number of methoxy groups -OCH3 is 1. The molecular formula is C21H17BrN2O4S. The highest BCUT2D eigenvalue weighted by Crippen LogP contribution is 2.26. The van der Waals surface area contributed by atoms with Crippen molar-refractivity contribution in [2.24, 2.45) is 0 Å². The fourth-order valence-electron chi connectivity index (χ4n) is 2.99. The fraction of sp³-hybridized carbons (Fsp3) is 0.190. The zero-order chi connectivity index (χ0) is 20.7. The van der Waals surface area contributed by atoms with Gasteiger partial charge in [0.05, 0.1) is 27.1 Å². The molecule has 0 fully saturated rings. The number of halogens is 1. The van der Waals surface area contributed by atoms with Crippen LogP contribution < -0.4 is 14.8 Å². The first-order valence-electron chi connectivity index (χ1n) is 8.80. The van der Waals surface area contributed by atoms with Crippen molar-refractivity contribution < 1.29 is 14.3 Å². The van der Waals surface area contributed by atoms with Gasteiger partial charge in [0.1, 0.15) is 5.75 Å². The maximum absolute atomic E-state index is 13.0. The molecule has 2 heterocycles. The number of thiazole rings is 1. The molecule has 0 aliphatic heterocycles. The number of nitrogens with zero attached hydrogens (tertiary/aromatic N) is 2. The quantitative estimate of drug-likeness (QED) is 0.425. The molecule has 148 valence electrons. The number of carbonyl (C=O) groups excluding carboxylic acids is 1. The van der Waals surface area contributed by atoms with Gasteiger partial charge in [0.15, 0.2) is 11.6 Å². The third-order valence-corrected chi connectivity index (χ3v) is 6.27. The van der Waals surface area contributed by atoms with Crippen LogP contribution in [0.1, 0.15) is 16.7 Å². The lowest BCUT2D eigenvalue weighted by Crippen LogP contribution is -2.22. The maximum atomic E-state index is 13.0. The number of rotatable bonds is 4. The number of hydrogen-bond donors (Lipinski definition) is 0. The number of imidazole rings is 1. The lowest BCUT2D eigenvalue weighted by Gasteiger charge is -2.07. The number of carbonyl (C=O) groups is 1. The number of ether oxygens (including phenoxy) is 2. The largest absolute Gasteiger partial charge is 0.481 e. The van der Waals surface area contributed by atoms with Crippen LogP contribution in [-0.2, 0) is 9.53 Å². The monoisotopic (exact) mass is 472 g/mol. The number of esters is 1. The van der Waals surface area contributed by atoms with E-state index in [0.29, 0.717) is 19.7 Å². The Balaban J connectivity index is 1.74. The van der Waals surface area contributed by atoms with Crippen LogP contribution in [0.5, 0.6) is 5.75 Å². The van der Waals surface area contributed by atoms with Gasteiger partial charge in [-0.05, 0) is 76.8 Å². The summed E-state index contributed by atoms with van der Waals surface area (Å²) in [5, 5.41) is 0. The van der Waals surface area contributed by atoms with Gasteiger partial charge in [-0.1, -0.05) is 17.4 Å². The first-order valence-corrected chi connectivity index (χ1v) is 10.4. The second-order valence-corrected chi connectivity index (χ2v) is 8.49. The zero-order valence-corrected chi connectivity index (χ0v) is 18.4. The van der Waals surface area contributed by atoms with E-state index in [1.165, 1.54) is 18.4 Å². The summed E-state index contributed by atoms with van der Waals surface area (Å²) >= 11 is 4.80. The second kappa shape index (κ2) is 7.61. The van der Waals surface area contributed by atoms with Gasteiger partial charge < -0.3 is 9.47 Å². The number of aromatic nitrogens is 2. The Bertz CT molecular complexity index is 1370. The molecule has 0 radical (unpaired) electrons. The van der Waals surface area contributed by atoms with Gasteiger partial charge in [0, 0.05) is 0 Å². The van der Waals surface area contributed by atoms with Crippen molar-refractivity contribution in [3.8, 4) is 5.75 Å². The molecule has 0 aliphatic carbocycles. The molecule has 6 nitrogen and oxygen atoms in total. The van der Waals surface area contributed by atoms with Crippen LogP contribution in [0.25, 0.3) is 22.1 Å². The highest BCUT2D eigenvalue weighted by molar-refractivity contribution is 9.10. The smallest absolute Gasteiger partial charge is 0.343 e. The maximum Gasteiger partial charge on any atom is 0.343 e. The van der Waals surface area contributed by atoms with Crippen LogP contribution in [0.2, 0.25) is 0 Å². The third kappa shape index (κ3) is 3.65. The number of benzene rings is 2. The molecule has 0 saturated heterocycles. The summed E-state index contributed by atoms with van der Waals surface area (Å²) in [6.45, 7) is 3.90. The molecule has 0 unspecified atom stereocenters. The van der Waals surface area contributed by atoms with Crippen molar-refractivity contribution in [2.75, 3.05) is 13.7 Å². The lowest BCUT2D eigenvalue weighted by molar-refractivity contribution is -0.142. The molecule has 0 N–H and O–H groups in total.